The molecule has 0 aromatic heterocycles. The molecule has 25 heavy (non-hydrogen) atoms. The van der Waals surface area contributed by atoms with E-state index in [0.717, 1.165) is 44.5 Å². The molecule has 1 saturated carbocycles. The summed E-state index contributed by atoms with van der Waals surface area (Å²) in [6.07, 6.45) is 3.17. The molecule has 2 atom stereocenters. The van der Waals surface area contributed by atoms with E-state index in [9.17, 15) is 9.90 Å². The second kappa shape index (κ2) is 7.85. The number of piperidine rings is 1. The molecule has 1 aromatic rings. The van der Waals surface area contributed by atoms with Crippen molar-refractivity contribution >= 4 is 5.91 Å². The van der Waals surface area contributed by atoms with Crippen LogP contribution in [0.15, 0.2) is 24.3 Å². The molecule has 0 bridgehead atoms. The van der Waals surface area contributed by atoms with Gasteiger partial charge in [-0.1, -0.05) is 29.8 Å². The number of aliphatic hydroxyl groups excluding tert-OH is 1. The summed E-state index contributed by atoms with van der Waals surface area (Å²) in [5, 5.41) is 13.2. The largest absolute Gasteiger partial charge is 0.392 e. The molecule has 1 spiro atoms. The number of aliphatic hydroxyl groups is 1. The highest BCUT2D eigenvalue weighted by atomic mass is 16.5. The lowest BCUT2D eigenvalue weighted by molar-refractivity contribution is -0.201. The minimum absolute atomic E-state index is 0.0427. The summed E-state index contributed by atoms with van der Waals surface area (Å²) < 4.78 is 5.52. The number of aryl methyl sites for hydroxylation is 1. The first kappa shape index (κ1) is 18.4. The number of methoxy groups -OCH3 is 1. The number of hydrogen-bond acceptors (Lipinski definition) is 4. The summed E-state index contributed by atoms with van der Waals surface area (Å²) in [5.41, 5.74) is 2.31. The minimum Gasteiger partial charge on any atom is -0.392 e. The average Bonchev–Trinajstić information content (AvgIpc) is 2.64. The van der Waals surface area contributed by atoms with Crippen molar-refractivity contribution in [2.24, 2.45) is 5.41 Å². The SMILES string of the molecule is CO[C@H]1C[C@@H](O)C12CCN(CCC(=O)NCc1ccc(C)cc1)CC2. The lowest BCUT2D eigenvalue weighted by Gasteiger charge is -2.56. The van der Waals surface area contributed by atoms with Crippen LogP contribution >= 0.6 is 0 Å². The van der Waals surface area contributed by atoms with Gasteiger partial charge in [-0.25, -0.2) is 0 Å². The predicted molar refractivity (Wildman–Crippen MR) is 97.2 cm³/mol. The maximum atomic E-state index is 12.1. The molecule has 138 valence electrons. The Morgan fingerprint density at radius 1 is 1.32 bits per heavy atom. The fourth-order valence-corrected chi connectivity index (χ4v) is 4.16. The summed E-state index contributed by atoms with van der Waals surface area (Å²) in [6, 6.07) is 8.23. The number of ether oxygens (including phenoxy) is 1. The van der Waals surface area contributed by atoms with Crippen LogP contribution in [0.4, 0.5) is 0 Å². The zero-order valence-electron chi connectivity index (χ0n) is 15.3. The fraction of sp³-hybridized carbons (Fsp3) is 0.650. The van der Waals surface area contributed by atoms with Crippen molar-refractivity contribution in [1.82, 2.24) is 10.2 Å². The van der Waals surface area contributed by atoms with Gasteiger partial charge in [-0.2, -0.15) is 0 Å². The van der Waals surface area contributed by atoms with Gasteiger partial charge in [-0.15, -0.1) is 0 Å². The van der Waals surface area contributed by atoms with Crippen molar-refractivity contribution in [2.75, 3.05) is 26.7 Å². The second-order valence-electron chi connectivity index (χ2n) is 7.56. The molecule has 1 heterocycles. The molecule has 1 aliphatic heterocycles. The van der Waals surface area contributed by atoms with Crippen LogP contribution in [0.3, 0.4) is 0 Å². The highest BCUT2D eigenvalue weighted by Gasteiger charge is 2.55. The van der Waals surface area contributed by atoms with Crippen LogP contribution in [0.2, 0.25) is 0 Å². The van der Waals surface area contributed by atoms with Crippen LogP contribution in [0.1, 0.15) is 36.8 Å². The van der Waals surface area contributed by atoms with Crippen LogP contribution in [0.5, 0.6) is 0 Å². The van der Waals surface area contributed by atoms with Crippen molar-refractivity contribution in [3.8, 4) is 0 Å². The fourth-order valence-electron chi connectivity index (χ4n) is 4.16. The van der Waals surface area contributed by atoms with E-state index in [1.165, 1.54) is 5.56 Å². The summed E-state index contributed by atoms with van der Waals surface area (Å²) >= 11 is 0. The molecular formula is C20H30N2O3. The molecule has 0 unspecified atom stereocenters. The molecule has 1 amide bonds. The maximum absolute atomic E-state index is 12.1. The van der Waals surface area contributed by atoms with Crippen molar-refractivity contribution < 1.29 is 14.6 Å². The van der Waals surface area contributed by atoms with E-state index < -0.39 is 0 Å². The van der Waals surface area contributed by atoms with Gasteiger partial charge >= 0.3 is 0 Å². The quantitative estimate of drug-likeness (QED) is 0.825. The van der Waals surface area contributed by atoms with Gasteiger partial charge in [0.25, 0.3) is 0 Å². The van der Waals surface area contributed by atoms with Gasteiger partial charge in [0.05, 0.1) is 12.2 Å². The molecule has 1 saturated heterocycles. The molecule has 5 nitrogen and oxygen atoms in total. The third-order valence-electron chi connectivity index (χ3n) is 6.08. The number of rotatable bonds is 6. The van der Waals surface area contributed by atoms with Crippen LogP contribution in [0.25, 0.3) is 0 Å². The number of nitrogens with zero attached hydrogens (tertiary/aromatic N) is 1. The van der Waals surface area contributed by atoms with Gasteiger partial charge in [0.15, 0.2) is 0 Å². The highest BCUT2D eigenvalue weighted by Crippen LogP contribution is 2.50. The summed E-state index contributed by atoms with van der Waals surface area (Å²) in [5.74, 6) is 0.0966. The third-order valence-corrected chi connectivity index (χ3v) is 6.08. The van der Waals surface area contributed by atoms with E-state index in [-0.39, 0.29) is 23.5 Å². The monoisotopic (exact) mass is 346 g/mol. The molecule has 2 N–H and O–H groups in total. The van der Waals surface area contributed by atoms with Gasteiger partial charge in [-0.3, -0.25) is 4.79 Å². The Labute approximate surface area is 150 Å². The number of nitrogens with one attached hydrogen (secondary N) is 1. The lowest BCUT2D eigenvalue weighted by Crippen LogP contribution is -2.62. The average molecular weight is 346 g/mol. The van der Waals surface area contributed by atoms with Gasteiger partial charge in [0, 0.05) is 38.5 Å². The van der Waals surface area contributed by atoms with Crippen LogP contribution in [0, 0.1) is 12.3 Å². The van der Waals surface area contributed by atoms with Crippen LogP contribution in [-0.2, 0) is 16.1 Å². The number of benzene rings is 1. The number of hydrogen-bond donors (Lipinski definition) is 2. The van der Waals surface area contributed by atoms with Crippen LogP contribution < -0.4 is 5.32 Å². The van der Waals surface area contributed by atoms with Crippen molar-refractivity contribution in [3.05, 3.63) is 35.4 Å². The number of carbonyl (C=O) groups excluding carboxylic acids is 1. The van der Waals surface area contributed by atoms with Gasteiger partial charge in [-0.05, 0) is 38.4 Å². The molecule has 1 aliphatic carbocycles. The van der Waals surface area contributed by atoms with E-state index >= 15 is 0 Å². The maximum Gasteiger partial charge on any atom is 0.221 e. The summed E-state index contributed by atoms with van der Waals surface area (Å²) in [7, 11) is 1.74. The summed E-state index contributed by atoms with van der Waals surface area (Å²) in [6.45, 7) is 5.29. The van der Waals surface area contributed by atoms with E-state index in [4.69, 9.17) is 4.74 Å². The third kappa shape index (κ3) is 4.05. The zero-order valence-corrected chi connectivity index (χ0v) is 15.3. The Hall–Kier alpha value is -1.43. The molecule has 2 aliphatic rings. The number of amides is 1. The van der Waals surface area contributed by atoms with E-state index in [0.29, 0.717) is 13.0 Å². The normalized spacial score (nSPS) is 25.6. The Bertz CT molecular complexity index is 579. The van der Waals surface area contributed by atoms with Gasteiger partial charge in [0.1, 0.15) is 0 Å². The standard InChI is InChI=1S/C20H30N2O3/c1-15-3-5-16(6-4-15)14-21-19(24)7-10-22-11-8-20(9-12-22)17(23)13-18(20)25-2/h3-6,17-18,23H,7-14H2,1-2H3,(H,21,24)/t17-,18+/m1/s1. The van der Waals surface area contributed by atoms with E-state index in [2.05, 4.69) is 41.4 Å². The smallest absolute Gasteiger partial charge is 0.221 e. The first-order valence-electron chi connectivity index (χ1n) is 9.29. The molecule has 5 heteroatoms. The Morgan fingerprint density at radius 2 is 2.00 bits per heavy atom. The first-order chi connectivity index (χ1) is 12.0. The predicted octanol–water partition coefficient (Wildman–Crippen LogP) is 1.86. The minimum atomic E-state index is -0.225. The second-order valence-corrected chi connectivity index (χ2v) is 7.56. The first-order valence-corrected chi connectivity index (χ1v) is 9.29. The Morgan fingerprint density at radius 3 is 2.60 bits per heavy atom. The van der Waals surface area contributed by atoms with E-state index in [1.54, 1.807) is 7.11 Å². The number of likely N-dealkylation sites (tertiary alicyclic amines) is 1. The van der Waals surface area contributed by atoms with Crippen molar-refractivity contribution in [1.29, 1.82) is 0 Å². The molecule has 0 radical (unpaired) electrons. The van der Waals surface area contributed by atoms with Crippen molar-refractivity contribution in [3.63, 3.8) is 0 Å². The van der Waals surface area contributed by atoms with Gasteiger partial charge < -0.3 is 20.1 Å². The van der Waals surface area contributed by atoms with Crippen molar-refractivity contribution in [2.45, 2.75) is 51.4 Å². The summed E-state index contributed by atoms with van der Waals surface area (Å²) in [4.78, 5) is 14.4. The molecule has 3 rings (SSSR count). The molecular weight excluding hydrogens is 316 g/mol. The van der Waals surface area contributed by atoms with Gasteiger partial charge in [0.2, 0.25) is 5.91 Å². The zero-order chi connectivity index (χ0) is 17.9. The lowest BCUT2D eigenvalue weighted by atomic mass is 9.58. The molecule has 2 fully saturated rings. The van der Waals surface area contributed by atoms with Crippen LogP contribution in [-0.4, -0.2) is 54.9 Å². The molecule has 1 aromatic carbocycles. The van der Waals surface area contributed by atoms with E-state index in [1.807, 2.05) is 0 Å². The highest BCUT2D eigenvalue weighted by molar-refractivity contribution is 5.76. The topological polar surface area (TPSA) is 61.8 Å². The number of carbonyl (C=O) groups is 1. The Balaban J connectivity index is 1.37. The Kier molecular flexibility index (Phi) is 5.77.